The Kier molecular flexibility index (Phi) is 3.69. The van der Waals surface area contributed by atoms with Gasteiger partial charge in [-0.3, -0.25) is 5.10 Å². The van der Waals surface area contributed by atoms with Gasteiger partial charge in [-0.1, -0.05) is 0 Å². The van der Waals surface area contributed by atoms with Crippen LogP contribution in [-0.2, 0) is 6.54 Å². The highest BCUT2D eigenvalue weighted by Crippen LogP contribution is 2.12. The summed E-state index contributed by atoms with van der Waals surface area (Å²) in [7, 11) is 1.36. The number of amides is 2. The first kappa shape index (κ1) is 12.3. The molecule has 0 saturated heterocycles. The summed E-state index contributed by atoms with van der Waals surface area (Å²) in [5.74, 6) is 0.393. The molecule has 16 heavy (non-hydrogen) atoms. The number of carbonyl (C=O) groups excluding carboxylic acids is 1. The third-order valence-electron chi connectivity index (χ3n) is 1.64. The molecule has 0 bridgehead atoms. The highest BCUT2D eigenvalue weighted by atomic mass is 19.4. The average molecular weight is 237 g/mol. The molecule has 0 saturated carbocycles. The fraction of sp³-hybridized carbons (Fsp3) is 0.571. The molecule has 0 aliphatic carbocycles. The van der Waals surface area contributed by atoms with E-state index in [1.807, 2.05) is 0 Å². The highest BCUT2D eigenvalue weighted by molar-refractivity contribution is 5.73. The van der Waals surface area contributed by atoms with Crippen LogP contribution in [0.5, 0.6) is 0 Å². The molecule has 2 N–H and O–H groups in total. The molecule has 0 radical (unpaired) electrons. The Morgan fingerprint density at radius 1 is 1.62 bits per heavy atom. The number of nitrogens with one attached hydrogen (secondary N) is 2. The first-order valence-electron chi connectivity index (χ1n) is 4.28. The number of nitrogens with zero attached hydrogens (tertiary/aromatic N) is 3. The summed E-state index contributed by atoms with van der Waals surface area (Å²) in [6.45, 7) is -1.30. The van der Waals surface area contributed by atoms with E-state index in [-0.39, 0.29) is 6.54 Å². The van der Waals surface area contributed by atoms with Gasteiger partial charge >= 0.3 is 12.2 Å². The molecule has 0 fully saturated rings. The largest absolute Gasteiger partial charge is 0.405 e. The Bertz CT molecular complexity index is 336. The molecule has 90 valence electrons. The minimum absolute atomic E-state index is 0.0592. The van der Waals surface area contributed by atoms with Gasteiger partial charge in [0.25, 0.3) is 0 Å². The molecule has 0 unspecified atom stereocenters. The number of H-pyrrole nitrogens is 1. The van der Waals surface area contributed by atoms with Crippen molar-refractivity contribution in [3.63, 3.8) is 0 Å². The molecule has 1 heterocycles. The zero-order valence-corrected chi connectivity index (χ0v) is 8.38. The molecule has 0 atom stereocenters. The lowest BCUT2D eigenvalue weighted by molar-refractivity contribution is -0.123. The van der Waals surface area contributed by atoms with E-state index in [0.717, 1.165) is 4.90 Å². The standard InChI is InChI=1S/C7H10F3N5O/c1-15(2-5-12-4-13-14-5)6(16)11-3-7(8,9)10/h4H,2-3H2,1H3,(H,11,16)(H,12,13,14). The predicted molar refractivity (Wildman–Crippen MR) is 47.3 cm³/mol. The van der Waals surface area contributed by atoms with Gasteiger partial charge in [-0.25, -0.2) is 9.78 Å². The lowest BCUT2D eigenvalue weighted by atomic mass is 10.5. The second-order valence-electron chi connectivity index (χ2n) is 3.06. The van der Waals surface area contributed by atoms with E-state index in [2.05, 4.69) is 15.2 Å². The smallest absolute Gasteiger partial charge is 0.329 e. The number of aromatic amines is 1. The van der Waals surface area contributed by atoms with Crippen molar-refractivity contribution in [3.05, 3.63) is 12.2 Å². The summed E-state index contributed by atoms with van der Waals surface area (Å²) in [5.41, 5.74) is 0. The molecule has 2 amide bonds. The van der Waals surface area contributed by atoms with Crippen molar-refractivity contribution >= 4 is 6.03 Å². The first-order valence-corrected chi connectivity index (χ1v) is 4.28. The zero-order chi connectivity index (χ0) is 12.2. The van der Waals surface area contributed by atoms with Crippen LogP contribution in [0.3, 0.4) is 0 Å². The number of hydrogen-bond donors (Lipinski definition) is 2. The Morgan fingerprint density at radius 2 is 2.31 bits per heavy atom. The number of hydrogen-bond acceptors (Lipinski definition) is 3. The van der Waals surface area contributed by atoms with Crippen LogP contribution >= 0.6 is 0 Å². The first-order chi connectivity index (χ1) is 7.38. The summed E-state index contributed by atoms with van der Waals surface area (Å²) in [6.07, 6.45) is -3.17. The van der Waals surface area contributed by atoms with Gasteiger partial charge in [-0.2, -0.15) is 18.3 Å². The van der Waals surface area contributed by atoms with E-state index in [4.69, 9.17) is 0 Å². The van der Waals surface area contributed by atoms with E-state index in [9.17, 15) is 18.0 Å². The Balaban J connectivity index is 2.37. The third kappa shape index (κ3) is 4.15. The number of urea groups is 1. The van der Waals surface area contributed by atoms with Crippen molar-refractivity contribution in [2.24, 2.45) is 0 Å². The van der Waals surface area contributed by atoms with E-state index >= 15 is 0 Å². The van der Waals surface area contributed by atoms with Crippen LogP contribution in [0.15, 0.2) is 6.33 Å². The van der Waals surface area contributed by atoms with Gasteiger partial charge in [0.15, 0.2) is 0 Å². The van der Waals surface area contributed by atoms with Crippen molar-refractivity contribution in [1.82, 2.24) is 25.4 Å². The van der Waals surface area contributed by atoms with Gasteiger partial charge in [-0.05, 0) is 0 Å². The van der Waals surface area contributed by atoms with E-state index < -0.39 is 18.8 Å². The summed E-state index contributed by atoms with van der Waals surface area (Å²) in [6, 6.07) is -0.825. The van der Waals surface area contributed by atoms with Crippen LogP contribution in [0, 0.1) is 0 Å². The van der Waals surface area contributed by atoms with Crippen molar-refractivity contribution in [2.75, 3.05) is 13.6 Å². The number of rotatable bonds is 3. The molecule has 0 aromatic carbocycles. The Hall–Kier alpha value is -1.80. The Labute approximate surface area is 88.8 Å². The number of aromatic nitrogens is 3. The van der Waals surface area contributed by atoms with Crippen LogP contribution in [0.4, 0.5) is 18.0 Å². The average Bonchev–Trinajstić information content (AvgIpc) is 2.65. The van der Waals surface area contributed by atoms with Gasteiger partial charge in [0.1, 0.15) is 18.7 Å². The maximum absolute atomic E-state index is 11.8. The normalized spacial score (nSPS) is 11.2. The highest BCUT2D eigenvalue weighted by Gasteiger charge is 2.28. The minimum atomic E-state index is -4.41. The van der Waals surface area contributed by atoms with Crippen LogP contribution in [0.1, 0.15) is 5.82 Å². The second-order valence-corrected chi connectivity index (χ2v) is 3.06. The predicted octanol–water partition coefficient (Wildman–Crippen LogP) is 0.508. The fourth-order valence-electron chi connectivity index (χ4n) is 0.914. The van der Waals surface area contributed by atoms with Gasteiger partial charge in [0, 0.05) is 7.05 Å². The van der Waals surface area contributed by atoms with Crippen molar-refractivity contribution < 1.29 is 18.0 Å². The maximum Gasteiger partial charge on any atom is 0.405 e. The molecule has 1 aromatic rings. The van der Waals surface area contributed by atoms with Gasteiger partial charge in [0.2, 0.25) is 0 Å². The summed E-state index contributed by atoms with van der Waals surface area (Å²) >= 11 is 0. The fourth-order valence-corrected chi connectivity index (χ4v) is 0.914. The van der Waals surface area contributed by atoms with Crippen molar-refractivity contribution in [2.45, 2.75) is 12.7 Å². The quantitative estimate of drug-likeness (QED) is 0.804. The number of carbonyl (C=O) groups is 1. The summed E-state index contributed by atoms with van der Waals surface area (Å²) < 4.78 is 35.4. The summed E-state index contributed by atoms with van der Waals surface area (Å²) in [5, 5.41) is 7.77. The van der Waals surface area contributed by atoms with Gasteiger partial charge < -0.3 is 10.2 Å². The maximum atomic E-state index is 11.8. The number of alkyl halides is 3. The minimum Gasteiger partial charge on any atom is -0.329 e. The monoisotopic (exact) mass is 237 g/mol. The Morgan fingerprint density at radius 3 is 2.81 bits per heavy atom. The molecular weight excluding hydrogens is 227 g/mol. The second kappa shape index (κ2) is 4.81. The third-order valence-corrected chi connectivity index (χ3v) is 1.64. The lowest BCUT2D eigenvalue weighted by Crippen LogP contribution is -2.41. The molecule has 0 aliphatic rings. The van der Waals surface area contributed by atoms with Crippen LogP contribution < -0.4 is 5.32 Å². The zero-order valence-electron chi connectivity index (χ0n) is 8.38. The number of halogens is 3. The van der Waals surface area contributed by atoms with E-state index in [1.54, 1.807) is 5.32 Å². The van der Waals surface area contributed by atoms with Gasteiger partial charge in [-0.15, -0.1) is 0 Å². The van der Waals surface area contributed by atoms with Crippen LogP contribution in [0.25, 0.3) is 0 Å². The molecule has 1 rings (SSSR count). The van der Waals surface area contributed by atoms with E-state index in [1.165, 1.54) is 13.4 Å². The van der Waals surface area contributed by atoms with Crippen molar-refractivity contribution in [1.29, 1.82) is 0 Å². The molecule has 9 heteroatoms. The lowest BCUT2D eigenvalue weighted by Gasteiger charge is -2.17. The molecule has 6 nitrogen and oxygen atoms in total. The molecule has 0 aliphatic heterocycles. The van der Waals surface area contributed by atoms with Crippen molar-refractivity contribution in [3.8, 4) is 0 Å². The SMILES string of the molecule is CN(Cc1ncn[nH]1)C(=O)NCC(F)(F)F. The topological polar surface area (TPSA) is 73.9 Å². The van der Waals surface area contributed by atoms with Crippen LogP contribution in [0.2, 0.25) is 0 Å². The van der Waals surface area contributed by atoms with Crippen LogP contribution in [-0.4, -0.2) is 45.9 Å². The van der Waals surface area contributed by atoms with Gasteiger partial charge in [0.05, 0.1) is 6.54 Å². The van der Waals surface area contributed by atoms with E-state index in [0.29, 0.717) is 5.82 Å². The molecule has 0 spiro atoms. The molecule has 1 aromatic heterocycles. The molecular formula is C7H10F3N5O. The summed E-state index contributed by atoms with van der Waals surface area (Å²) in [4.78, 5) is 16.0.